The standard InChI is InChI=1S/C13H27NO2S/c1-12(2)6-11-17-10-5-9-14-8-4-3-7-13(14,15)16/h12,15-16H,3-11H2,1-2H3. The van der Waals surface area contributed by atoms with Crippen LogP contribution < -0.4 is 0 Å². The van der Waals surface area contributed by atoms with Crippen LogP contribution in [0.4, 0.5) is 0 Å². The Hall–Kier alpha value is 0.230. The lowest BCUT2D eigenvalue weighted by Gasteiger charge is -2.38. The summed E-state index contributed by atoms with van der Waals surface area (Å²) in [7, 11) is 0. The molecule has 1 fully saturated rings. The van der Waals surface area contributed by atoms with E-state index >= 15 is 0 Å². The lowest BCUT2D eigenvalue weighted by molar-refractivity contribution is -0.278. The van der Waals surface area contributed by atoms with Gasteiger partial charge in [-0.2, -0.15) is 11.8 Å². The fourth-order valence-corrected chi connectivity index (χ4v) is 3.25. The summed E-state index contributed by atoms with van der Waals surface area (Å²) in [6, 6.07) is 0. The second kappa shape index (κ2) is 7.62. The Kier molecular flexibility index (Phi) is 6.85. The van der Waals surface area contributed by atoms with Crippen LogP contribution in [0.1, 0.15) is 46.0 Å². The first-order valence-electron chi connectivity index (χ1n) is 6.80. The van der Waals surface area contributed by atoms with E-state index in [0.717, 1.165) is 44.0 Å². The van der Waals surface area contributed by atoms with E-state index in [1.54, 1.807) is 0 Å². The van der Waals surface area contributed by atoms with Gasteiger partial charge >= 0.3 is 0 Å². The number of aliphatic hydroxyl groups is 2. The average Bonchev–Trinajstić information content (AvgIpc) is 2.24. The third-order valence-corrected chi connectivity index (χ3v) is 4.35. The largest absolute Gasteiger partial charge is 0.353 e. The number of rotatable bonds is 7. The SMILES string of the molecule is CC(C)CCSCCCN1CCCCC1(O)O. The van der Waals surface area contributed by atoms with Gasteiger partial charge in [-0.1, -0.05) is 13.8 Å². The third kappa shape index (κ3) is 6.09. The van der Waals surface area contributed by atoms with E-state index in [1.165, 1.54) is 12.2 Å². The van der Waals surface area contributed by atoms with E-state index in [0.29, 0.717) is 6.42 Å². The molecule has 1 aliphatic heterocycles. The van der Waals surface area contributed by atoms with Crippen molar-refractivity contribution in [1.29, 1.82) is 0 Å². The van der Waals surface area contributed by atoms with Crippen molar-refractivity contribution in [3.8, 4) is 0 Å². The van der Waals surface area contributed by atoms with E-state index in [2.05, 4.69) is 13.8 Å². The molecular weight excluding hydrogens is 234 g/mol. The molecule has 0 saturated carbocycles. The van der Waals surface area contributed by atoms with Crippen LogP contribution in [0.25, 0.3) is 0 Å². The summed E-state index contributed by atoms with van der Waals surface area (Å²) in [4.78, 5) is 1.82. The predicted molar refractivity (Wildman–Crippen MR) is 74.0 cm³/mol. The van der Waals surface area contributed by atoms with Crippen molar-refractivity contribution in [2.24, 2.45) is 5.92 Å². The minimum atomic E-state index is -1.54. The quantitative estimate of drug-likeness (QED) is 0.545. The van der Waals surface area contributed by atoms with E-state index in [-0.39, 0.29) is 0 Å². The first-order chi connectivity index (χ1) is 8.02. The summed E-state index contributed by atoms with van der Waals surface area (Å²) >= 11 is 1.98. The third-order valence-electron chi connectivity index (χ3n) is 3.25. The zero-order valence-electron chi connectivity index (χ0n) is 11.2. The average molecular weight is 261 g/mol. The Bertz CT molecular complexity index is 210. The maximum Gasteiger partial charge on any atom is 0.224 e. The summed E-state index contributed by atoms with van der Waals surface area (Å²) < 4.78 is 0. The molecule has 0 aromatic rings. The topological polar surface area (TPSA) is 43.7 Å². The van der Waals surface area contributed by atoms with Gasteiger partial charge in [0.2, 0.25) is 5.91 Å². The molecular formula is C13H27NO2S. The van der Waals surface area contributed by atoms with Gasteiger partial charge in [0.05, 0.1) is 0 Å². The van der Waals surface area contributed by atoms with Crippen molar-refractivity contribution in [3.63, 3.8) is 0 Å². The molecule has 17 heavy (non-hydrogen) atoms. The Labute approximate surface area is 110 Å². The van der Waals surface area contributed by atoms with Crippen LogP contribution in [0, 0.1) is 5.92 Å². The summed E-state index contributed by atoms with van der Waals surface area (Å²) in [6.45, 7) is 6.13. The van der Waals surface area contributed by atoms with Gasteiger partial charge < -0.3 is 10.2 Å². The number of hydrogen-bond acceptors (Lipinski definition) is 4. The Morgan fingerprint density at radius 2 is 2.00 bits per heavy atom. The fourth-order valence-electron chi connectivity index (χ4n) is 2.07. The van der Waals surface area contributed by atoms with Gasteiger partial charge in [-0.3, -0.25) is 4.90 Å². The molecule has 0 aromatic carbocycles. The highest BCUT2D eigenvalue weighted by molar-refractivity contribution is 7.99. The van der Waals surface area contributed by atoms with Crippen LogP contribution >= 0.6 is 11.8 Å². The monoisotopic (exact) mass is 261 g/mol. The number of piperidine rings is 1. The normalized spacial score (nSPS) is 21.0. The van der Waals surface area contributed by atoms with Crippen molar-refractivity contribution in [1.82, 2.24) is 4.90 Å². The molecule has 0 amide bonds. The Morgan fingerprint density at radius 1 is 1.24 bits per heavy atom. The summed E-state index contributed by atoms with van der Waals surface area (Å²) in [5, 5.41) is 19.6. The number of thioether (sulfide) groups is 1. The first kappa shape index (κ1) is 15.3. The molecule has 102 valence electrons. The van der Waals surface area contributed by atoms with E-state index < -0.39 is 5.91 Å². The van der Waals surface area contributed by atoms with Gasteiger partial charge in [0.1, 0.15) is 0 Å². The summed E-state index contributed by atoms with van der Waals surface area (Å²) in [6.07, 6.45) is 4.83. The second-order valence-electron chi connectivity index (χ2n) is 5.37. The maximum absolute atomic E-state index is 9.78. The van der Waals surface area contributed by atoms with Crippen LogP contribution in [0.3, 0.4) is 0 Å². The fraction of sp³-hybridized carbons (Fsp3) is 1.00. The highest BCUT2D eigenvalue weighted by Gasteiger charge is 2.33. The second-order valence-corrected chi connectivity index (χ2v) is 6.59. The molecule has 2 N–H and O–H groups in total. The van der Waals surface area contributed by atoms with E-state index in [9.17, 15) is 10.2 Å². The predicted octanol–water partition coefficient (Wildman–Crippen LogP) is 2.28. The first-order valence-corrected chi connectivity index (χ1v) is 7.95. The molecule has 0 radical (unpaired) electrons. The van der Waals surface area contributed by atoms with Crippen molar-refractivity contribution in [3.05, 3.63) is 0 Å². The molecule has 1 saturated heterocycles. The van der Waals surface area contributed by atoms with Crippen LogP contribution in [0.5, 0.6) is 0 Å². The van der Waals surface area contributed by atoms with Crippen LogP contribution in [-0.4, -0.2) is 45.6 Å². The smallest absolute Gasteiger partial charge is 0.224 e. The summed E-state index contributed by atoms with van der Waals surface area (Å²) in [5.41, 5.74) is 0. The molecule has 0 aromatic heterocycles. The molecule has 1 aliphatic rings. The zero-order chi connectivity index (χ0) is 12.7. The molecule has 1 rings (SSSR count). The molecule has 0 aliphatic carbocycles. The molecule has 1 heterocycles. The van der Waals surface area contributed by atoms with Gasteiger partial charge in [-0.25, -0.2) is 0 Å². The van der Waals surface area contributed by atoms with Crippen LogP contribution in [0.15, 0.2) is 0 Å². The van der Waals surface area contributed by atoms with Crippen LogP contribution in [-0.2, 0) is 0 Å². The Morgan fingerprint density at radius 3 is 2.65 bits per heavy atom. The van der Waals surface area contributed by atoms with E-state index in [4.69, 9.17) is 0 Å². The highest BCUT2D eigenvalue weighted by Crippen LogP contribution is 2.23. The zero-order valence-corrected chi connectivity index (χ0v) is 12.0. The molecule has 3 nitrogen and oxygen atoms in total. The highest BCUT2D eigenvalue weighted by atomic mass is 32.2. The van der Waals surface area contributed by atoms with Crippen molar-refractivity contribution in [2.45, 2.75) is 51.9 Å². The molecule has 0 atom stereocenters. The number of nitrogens with zero attached hydrogens (tertiary/aromatic N) is 1. The maximum atomic E-state index is 9.78. The number of hydrogen-bond donors (Lipinski definition) is 2. The molecule has 0 unspecified atom stereocenters. The van der Waals surface area contributed by atoms with Crippen molar-refractivity contribution < 1.29 is 10.2 Å². The minimum absolute atomic E-state index is 0.494. The van der Waals surface area contributed by atoms with Gasteiger partial charge in [0.25, 0.3) is 0 Å². The molecule has 4 heteroatoms. The van der Waals surface area contributed by atoms with Crippen LogP contribution in [0.2, 0.25) is 0 Å². The number of likely N-dealkylation sites (tertiary alicyclic amines) is 1. The van der Waals surface area contributed by atoms with Gasteiger partial charge in [0, 0.05) is 19.5 Å². The molecule has 0 spiro atoms. The van der Waals surface area contributed by atoms with Crippen molar-refractivity contribution in [2.75, 3.05) is 24.6 Å². The Balaban J connectivity index is 2.05. The van der Waals surface area contributed by atoms with Gasteiger partial charge in [-0.05, 0) is 43.1 Å². The van der Waals surface area contributed by atoms with Gasteiger partial charge in [0.15, 0.2) is 0 Å². The van der Waals surface area contributed by atoms with Crippen molar-refractivity contribution >= 4 is 11.8 Å². The molecule has 0 bridgehead atoms. The van der Waals surface area contributed by atoms with E-state index in [1.807, 2.05) is 16.7 Å². The lowest BCUT2D eigenvalue weighted by atomic mass is 10.1. The summed E-state index contributed by atoms with van der Waals surface area (Å²) in [5.74, 6) is 1.59. The van der Waals surface area contributed by atoms with Gasteiger partial charge in [-0.15, -0.1) is 0 Å². The lowest BCUT2D eigenvalue weighted by Crippen LogP contribution is -2.52. The minimum Gasteiger partial charge on any atom is -0.353 e.